The number of aryl methyl sites for hydroxylation is 1. The summed E-state index contributed by atoms with van der Waals surface area (Å²) in [4.78, 5) is 25.5. The fraction of sp³-hybridized carbons (Fsp3) is 0.516. The number of hydrogen-bond donors (Lipinski definition) is 0. The van der Waals surface area contributed by atoms with Gasteiger partial charge in [0.2, 0.25) is 0 Å². The van der Waals surface area contributed by atoms with E-state index in [4.69, 9.17) is 4.74 Å². The average molecular weight is 568 g/mol. The second-order valence-corrected chi connectivity index (χ2v) is 11.8. The van der Waals surface area contributed by atoms with Crippen LogP contribution in [0, 0.1) is 5.41 Å². The molecule has 6 rings (SSSR count). The standard InChI is InChI=1S/C31H36F3N5O2/c1-20(22-7-8-26-27(14-22)37(2)28(40)16-36-26)39-12-10-30(18-39,19-41-3)29(21-5-4-6-21)38-11-9-25-23(17-38)13-24(15-35-25)31(32,33)34/h7-8,13-16,20H,4-6,9-12,17-19H2,1-3H3. The quantitative estimate of drug-likeness (QED) is 0.406. The van der Waals surface area contributed by atoms with Crippen molar-refractivity contribution in [3.05, 3.63) is 80.7 Å². The molecule has 0 spiro atoms. The molecule has 1 aromatic carbocycles. The van der Waals surface area contributed by atoms with Crippen LogP contribution in [0.1, 0.15) is 61.0 Å². The lowest BCUT2D eigenvalue weighted by atomic mass is 9.75. The van der Waals surface area contributed by atoms with Crippen molar-refractivity contribution in [2.45, 2.75) is 57.8 Å². The molecule has 0 N–H and O–H groups in total. The molecule has 10 heteroatoms. The first-order valence-corrected chi connectivity index (χ1v) is 14.3. The van der Waals surface area contributed by atoms with Gasteiger partial charge in [-0.3, -0.25) is 14.7 Å². The van der Waals surface area contributed by atoms with Gasteiger partial charge in [0, 0.05) is 69.3 Å². The molecule has 1 saturated carbocycles. The Balaban J connectivity index is 1.31. The highest BCUT2D eigenvalue weighted by molar-refractivity contribution is 5.75. The minimum Gasteiger partial charge on any atom is -0.384 e. The van der Waals surface area contributed by atoms with Crippen molar-refractivity contribution >= 4 is 11.0 Å². The summed E-state index contributed by atoms with van der Waals surface area (Å²) in [6.07, 6.45) is 2.60. The van der Waals surface area contributed by atoms with E-state index in [1.54, 1.807) is 18.7 Å². The Kier molecular flexibility index (Phi) is 7.18. The summed E-state index contributed by atoms with van der Waals surface area (Å²) in [5, 5.41) is 0. The number of benzene rings is 1. The molecule has 2 atom stereocenters. The van der Waals surface area contributed by atoms with Crippen LogP contribution in [0.15, 0.2) is 52.7 Å². The van der Waals surface area contributed by atoms with E-state index in [2.05, 4.69) is 38.8 Å². The Morgan fingerprint density at radius 2 is 1.93 bits per heavy atom. The van der Waals surface area contributed by atoms with Crippen LogP contribution in [-0.4, -0.2) is 57.7 Å². The van der Waals surface area contributed by atoms with Crippen molar-refractivity contribution in [3.8, 4) is 0 Å². The Labute approximate surface area is 237 Å². The Morgan fingerprint density at radius 3 is 2.63 bits per heavy atom. The van der Waals surface area contributed by atoms with Gasteiger partial charge in [0.05, 0.1) is 29.4 Å². The maximum Gasteiger partial charge on any atom is 0.417 e. The number of hydrogen-bond acceptors (Lipinski definition) is 6. The highest BCUT2D eigenvalue weighted by Crippen LogP contribution is 2.48. The second-order valence-electron chi connectivity index (χ2n) is 11.8. The van der Waals surface area contributed by atoms with Gasteiger partial charge >= 0.3 is 6.18 Å². The van der Waals surface area contributed by atoms with Crippen LogP contribution in [0.25, 0.3) is 11.0 Å². The topological polar surface area (TPSA) is 63.5 Å². The number of methoxy groups -OCH3 is 1. The number of alkyl halides is 3. The largest absolute Gasteiger partial charge is 0.417 e. The molecule has 3 aromatic rings. The van der Waals surface area contributed by atoms with Crippen molar-refractivity contribution in [2.75, 3.05) is 33.4 Å². The zero-order valence-corrected chi connectivity index (χ0v) is 23.8. The van der Waals surface area contributed by atoms with Gasteiger partial charge in [0.15, 0.2) is 0 Å². The summed E-state index contributed by atoms with van der Waals surface area (Å²) < 4.78 is 48.0. The van der Waals surface area contributed by atoms with E-state index >= 15 is 0 Å². The molecular weight excluding hydrogens is 531 g/mol. The maximum atomic E-state index is 13.5. The van der Waals surface area contributed by atoms with E-state index < -0.39 is 11.7 Å². The number of pyridine rings is 1. The van der Waals surface area contributed by atoms with E-state index in [1.807, 2.05) is 6.07 Å². The highest BCUT2D eigenvalue weighted by atomic mass is 19.4. The van der Waals surface area contributed by atoms with Crippen LogP contribution < -0.4 is 5.56 Å². The molecule has 7 nitrogen and oxygen atoms in total. The number of fused-ring (bicyclic) bond motifs is 2. The maximum absolute atomic E-state index is 13.5. The predicted molar refractivity (Wildman–Crippen MR) is 150 cm³/mol. The Morgan fingerprint density at radius 1 is 1.12 bits per heavy atom. The molecule has 2 aromatic heterocycles. The minimum absolute atomic E-state index is 0.0988. The molecule has 0 radical (unpaired) electrons. The van der Waals surface area contributed by atoms with E-state index in [9.17, 15) is 18.0 Å². The molecule has 2 unspecified atom stereocenters. The van der Waals surface area contributed by atoms with Gasteiger partial charge in [-0.15, -0.1) is 0 Å². The fourth-order valence-electron chi connectivity index (χ4n) is 6.91. The molecule has 218 valence electrons. The van der Waals surface area contributed by atoms with Gasteiger partial charge in [0.25, 0.3) is 5.56 Å². The lowest BCUT2D eigenvalue weighted by Gasteiger charge is -2.45. The number of allylic oxidation sites excluding steroid dienone is 1. The highest BCUT2D eigenvalue weighted by Gasteiger charge is 2.47. The smallest absolute Gasteiger partial charge is 0.384 e. The summed E-state index contributed by atoms with van der Waals surface area (Å²) in [7, 11) is 3.50. The third-order valence-electron chi connectivity index (χ3n) is 9.32. The number of nitrogens with zero attached hydrogens (tertiary/aromatic N) is 5. The number of rotatable bonds is 6. The second kappa shape index (κ2) is 10.5. The van der Waals surface area contributed by atoms with Crippen LogP contribution in [0.2, 0.25) is 0 Å². The van der Waals surface area contributed by atoms with Crippen LogP contribution in [0.5, 0.6) is 0 Å². The van der Waals surface area contributed by atoms with Crippen LogP contribution in [0.3, 0.4) is 0 Å². The Hall–Kier alpha value is -3.24. The van der Waals surface area contributed by atoms with Gasteiger partial charge in [-0.05, 0) is 68.5 Å². The molecule has 2 aliphatic heterocycles. The molecule has 3 aliphatic rings. The summed E-state index contributed by atoms with van der Waals surface area (Å²) in [6, 6.07) is 7.49. The van der Waals surface area contributed by atoms with Gasteiger partial charge in [-0.1, -0.05) is 11.6 Å². The van der Waals surface area contributed by atoms with E-state index in [1.165, 1.54) is 23.5 Å². The Bertz CT molecular complexity index is 1560. The summed E-state index contributed by atoms with van der Waals surface area (Å²) in [6.45, 7) is 5.56. The number of aromatic nitrogens is 3. The van der Waals surface area contributed by atoms with Crippen LogP contribution >= 0.6 is 0 Å². The van der Waals surface area contributed by atoms with E-state index in [-0.39, 0.29) is 17.0 Å². The number of ether oxygens (including phenoxy) is 1. The van der Waals surface area contributed by atoms with Gasteiger partial charge in [-0.25, -0.2) is 4.98 Å². The first kappa shape index (κ1) is 27.9. The average Bonchev–Trinajstić information content (AvgIpc) is 3.36. The van der Waals surface area contributed by atoms with Crippen molar-refractivity contribution in [2.24, 2.45) is 12.5 Å². The summed E-state index contributed by atoms with van der Waals surface area (Å²) in [5.41, 5.74) is 5.72. The van der Waals surface area contributed by atoms with Gasteiger partial charge in [-0.2, -0.15) is 13.2 Å². The monoisotopic (exact) mass is 567 g/mol. The molecule has 41 heavy (non-hydrogen) atoms. The lowest BCUT2D eigenvalue weighted by molar-refractivity contribution is -0.137. The first-order chi connectivity index (χ1) is 19.6. The molecule has 0 amide bonds. The van der Waals surface area contributed by atoms with Gasteiger partial charge < -0.3 is 14.2 Å². The first-order valence-electron chi connectivity index (χ1n) is 14.3. The van der Waals surface area contributed by atoms with Crippen molar-refractivity contribution in [1.29, 1.82) is 0 Å². The predicted octanol–water partition coefficient (Wildman–Crippen LogP) is 5.24. The zero-order chi connectivity index (χ0) is 28.9. The third kappa shape index (κ3) is 5.05. The molecule has 1 aliphatic carbocycles. The van der Waals surface area contributed by atoms with Crippen molar-refractivity contribution in [3.63, 3.8) is 0 Å². The molecule has 4 heterocycles. The van der Waals surface area contributed by atoms with Gasteiger partial charge in [0.1, 0.15) is 0 Å². The minimum atomic E-state index is -4.41. The lowest BCUT2D eigenvalue weighted by Crippen LogP contribution is -2.44. The third-order valence-corrected chi connectivity index (χ3v) is 9.32. The summed E-state index contributed by atoms with van der Waals surface area (Å²) >= 11 is 0. The number of halogens is 3. The normalized spacial score (nSPS) is 22.1. The molecule has 0 bridgehead atoms. The molecule has 2 fully saturated rings. The fourth-order valence-corrected chi connectivity index (χ4v) is 6.91. The van der Waals surface area contributed by atoms with E-state index in [0.29, 0.717) is 25.1 Å². The number of likely N-dealkylation sites (tertiary alicyclic amines) is 1. The summed E-state index contributed by atoms with van der Waals surface area (Å²) in [5.74, 6) is 0. The zero-order valence-electron chi connectivity index (χ0n) is 23.8. The van der Waals surface area contributed by atoms with Crippen LogP contribution in [-0.2, 0) is 30.9 Å². The van der Waals surface area contributed by atoms with Crippen molar-refractivity contribution < 1.29 is 17.9 Å². The van der Waals surface area contributed by atoms with Crippen LogP contribution in [0.4, 0.5) is 13.2 Å². The van der Waals surface area contributed by atoms with Crippen molar-refractivity contribution in [1.82, 2.24) is 24.3 Å². The van der Waals surface area contributed by atoms with E-state index in [0.717, 1.165) is 73.8 Å². The molecular formula is C31H36F3N5O2. The molecule has 1 saturated heterocycles. The SMILES string of the molecule is COCC1(C(=C2CCC2)N2CCc3ncc(C(F)(F)F)cc3C2)CCN(C(C)c2ccc3ncc(=O)n(C)c3c2)C1.